The van der Waals surface area contributed by atoms with Gasteiger partial charge in [-0.3, -0.25) is 9.59 Å². The van der Waals surface area contributed by atoms with E-state index in [1.54, 1.807) is 41.5 Å². The second-order valence-corrected chi connectivity index (χ2v) is 6.03. The van der Waals surface area contributed by atoms with Crippen molar-refractivity contribution in [2.75, 3.05) is 0 Å². The van der Waals surface area contributed by atoms with Gasteiger partial charge in [0.25, 0.3) is 0 Å². The SMILES string of the molecule is CC(C)(C)C(=O)C(Cl)C(=O)C(C)(C)C. The Bertz CT molecular complexity index is 217. The van der Waals surface area contributed by atoms with Crippen LogP contribution < -0.4 is 0 Å². The minimum Gasteiger partial charge on any atom is -0.297 e. The number of ketones is 2. The Balaban J connectivity index is 4.74. The highest BCUT2D eigenvalue weighted by Gasteiger charge is 2.37. The summed E-state index contributed by atoms with van der Waals surface area (Å²) in [6, 6.07) is 0. The summed E-state index contributed by atoms with van der Waals surface area (Å²) in [5.74, 6) is -0.418. The van der Waals surface area contributed by atoms with E-state index in [-0.39, 0.29) is 11.6 Å². The lowest BCUT2D eigenvalue weighted by Gasteiger charge is -2.24. The third-order valence-corrected chi connectivity index (χ3v) is 2.34. The predicted octanol–water partition coefficient (Wildman–Crippen LogP) is 2.82. The van der Waals surface area contributed by atoms with E-state index in [0.29, 0.717) is 0 Å². The molecule has 0 atom stereocenters. The number of hydrogen-bond acceptors (Lipinski definition) is 2. The molecule has 0 spiro atoms. The fraction of sp³-hybridized carbons (Fsp3) is 0.818. The Morgan fingerprint density at radius 3 is 1.21 bits per heavy atom. The van der Waals surface area contributed by atoms with E-state index in [0.717, 1.165) is 0 Å². The van der Waals surface area contributed by atoms with Gasteiger partial charge in [-0.1, -0.05) is 41.5 Å². The summed E-state index contributed by atoms with van der Waals surface area (Å²) in [7, 11) is 0. The number of halogens is 1. The first-order chi connectivity index (χ1) is 5.98. The highest BCUT2D eigenvalue weighted by atomic mass is 35.5. The van der Waals surface area contributed by atoms with Gasteiger partial charge >= 0.3 is 0 Å². The first-order valence-electron chi connectivity index (χ1n) is 4.70. The number of carbonyl (C=O) groups excluding carboxylic acids is 2. The zero-order valence-corrected chi connectivity index (χ0v) is 10.5. The zero-order chi connectivity index (χ0) is 11.7. The lowest BCUT2D eigenvalue weighted by molar-refractivity contribution is -0.134. The molecule has 0 bridgehead atoms. The van der Waals surface area contributed by atoms with Crippen molar-refractivity contribution in [1.82, 2.24) is 0 Å². The molecule has 3 heteroatoms. The molecular formula is C11H19ClO2. The molecule has 0 N–H and O–H groups in total. The van der Waals surface area contributed by atoms with Crippen LogP contribution in [-0.2, 0) is 9.59 Å². The Morgan fingerprint density at radius 2 is 1.07 bits per heavy atom. The van der Waals surface area contributed by atoms with E-state index < -0.39 is 16.2 Å². The molecule has 14 heavy (non-hydrogen) atoms. The van der Waals surface area contributed by atoms with Gasteiger partial charge in [-0.15, -0.1) is 11.6 Å². The van der Waals surface area contributed by atoms with Gasteiger partial charge in [0.1, 0.15) is 0 Å². The van der Waals surface area contributed by atoms with Crippen molar-refractivity contribution in [3.05, 3.63) is 0 Å². The van der Waals surface area contributed by atoms with Crippen LogP contribution in [0, 0.1) is 10.8 Å². The largest absolute Gasteiger partial charge is 0.297 e. The van der Waals surface area contributed by atoms with E-state index in [2.05, 4.69) is 0 Å². The molecule has 0 aromatic heterocycles. The Hall–Kier alpha value is -0.370. The molecule has 0 fully saturated rings. The van der Waals surface area contributed by atoms with Crippen molar-refractivity contribution < 1.29 is 9.59 Å². The highest BCUT2D eigenvalue weighted by Crippen LogP contribution is 2.26. The van der Waals surface area contributed by atoms with Gasteiger partial charge in [0.05, 0.1) is 0 Å². The molecule has 0 amide bonds. The van der Waals surface area contributed by atoms with Crippen LogP contribution in [-0.4, -0.2) is 16.9 Å². The number of hydrogen-bond donors (Lipinski definition) is 0. The Labute approximate surface area is 91.0 Å². The van der Waals surface area contributed by atoms with Crippen LogP contribution >= 0.6 is 11.6 Å². The molecule has 0 unspecified atom stereocenters. The van der Waals surface area contributed by atoms with Gasteiger partial charge in [-0.2, -0.15) is 0 Å². The molecule has 0 saturated heterocycles. The van der Waals surface area contributed by atoms with Crippen molar-refractivity contribution in [3.8, 4) is 0 Å². The van der Waals surface area contributed by atoms with Crippen LogP contribution in [0.5, 0.6) is 0 Å². The average Bonchev–Trinajstić information content (AvgIpc) is 1.97. The molecule has 0 aliphatic rings. The molecule has 0 aliphatic heterocycles. The van der Waals surface area contributed by atoms with E-state index in [1.165, 1.54) is 0 Å². The summed E-state index contributed by atoms with van der Waals surface area (Å²) >= 11 is 5.85. The summed E-state index contributed by atoms with van der Waals surface area (Å²) in [6.45, 7) is 10.6. The molecule has 0 aromatic carbocycles. The third kappa shape index (κ3) is 3.41. The van der Waals surface area contributed by atoms with Crippen molar-refractivity contribution in [3.63, 3.8) is 0 Å². The lowest BCUT2D eigenvalue weighted by atomic mass is 9.81. The minimum atomic E-state index is -1.02. The Morgan fingerprint density at radius 1 is 0.857 bits per heavy atom. The van der Waals surface area contributed by atoms with E-state index in [4.69, 9.17) is 11.6 Å². The third-order valence-electron chi connectivity index (χ3n) is 1.94. The second kappa shape index (κ2) is 4.01. The molecule has 82 valence electrons. The first kappa shape index (κ1) is 13.6. The van der Waals surface area contributed by atoms with Crippen molar-refractivity contribution in [2.24, 2.45) is 10.8 Å². The summed E-state index contributed by atoms with van der Waals surface area (Å²) in [5, 5.41) is -1.02. The normalized spacial score (nSPS) is 13.1. The zero-order valence-electron chi connectivity index (χ0n) is 9.77. The maximum Gasteiger partial charge on any atom is 0.163 e. The number of Topliss-reactive ketones (excluding diaryl/α,β-unsaturated/α-hetero) is 2. The van der Waals surface area contributed by atoms with E-state index >= 15 is 0 Å². The topological polar surface area (TPSA) is 34.1 Å². The summed E-state index contributed by atoms with van der Waals surface area (Å²) < 4.78 is 0. The van der Waals surface area contributed by atoms with Crippen LogP contribution in [0.2, 0.25) is 0 Å². The standard InChI is InChI=1S/C11H19ClO2/c1-10(2,3)8(13)7(12)9(14)11(4,5)6/h7H,1-6H3. The maximum atomic E-state index is 11.7. The second-order valence-electron chi connectivity index (χ2n) is 5.59. The molecule has 0 saturated carbocycles. The molecule has 0 aliphatic carbocycles. The molecular weight excluding hydrogens is 200 g/mol. The van der Waals surface area contributed by atoms with Gasteiger partial charge < -0.3 is 0 Å². The highest BCUT2D eigenvalue weighted by molar-refractivity contribution is 6.43. The molecule has 0 heterocycles. The van der Waals surface area contributed by atoms with E-state index in [1.807, 2.05) is 0 Å². The maximum absolute atomic E-state index is 11.7. The average molecular weight is 219 g/mol. The monoisotopic (exact) mass is 218 g/mol. The minimum absolute atomic E-state index is 0.209. The number of alkyl halides is 1. The van der Waals surface area contributed by atoms with Gasteiger partial charge in [-0.25, -0.2) is 0 Å². The number of rotatable bonds is 2. The molecule has 0 aromatic rings. The fourth-order valence-corrected chi connectivity index (χ4v) is 1.53. The van der Waals surface area contributed by atoms with Crippen LogP contribution in [0.3, 0.4) is 0 Å². The van der Waals surface area contributed by atoms with Crippen LogP contribution in [0.4, 0.5) is 0 Å². The first-order valence-corrected chi connectivity index (χ1v) is 5.14. The van der Waals surface area contributed by atoms with Crippen molar-refractivity contribution >= 4 is 23.2 Å². The van der Waals surface area contributed by atoms with Gasteiger partial charge in [-0.05, 0) is 0 Å². The van der Waals surface area contributed by atoms with E-state index in [9.17, 15) is 9.59 Å². The summed E-state index contributed by atoms with van der Waals surface area (Å²) in [4.78, 5) is 23.4. The van der Waals surface area contributed by atoms with Crippen LogP contribution in [0.15, 0.2) is 0 Å². The predicted molar refractivity (Wildman–Crippen MR) is 58.6 cm³/mol. The molecule has 2 nitrogen and oxygen atoms in total. The molecule has 0 radical (unpaired) electrons. The summed E-state index contributed by atoms with van der Waals surface area (Å²) in [5.41, 5.74) is -1.12. The quantitative estimate of drug-likeness (QED) is 0.528. The molecule has 0 rings (SSSR count). The lowest BCUT2D eigenvalue weighted by Crippen LogP contribution is -2.39. The van der Waals surface area contributed by atoms with Crippen LogP contribution in [0.25, 0.3) is 0 Å². The van der Waals surface area contributed by atoms with Gasteiger partial charge in [0.15, 0.2) is 16.9 Å². The summed E-state index contributed by atoms with van der Waals surface area (Å²) in [6.07, 6.45) is 0. The number of carbonyl (C=O) groups is 2. The Kier molecular flexibility index (Phi) is 3.91. The fourth-order valence-electron chi connectivity index (χ4n) is 0.879. The smallest absolute Gasteiger partial charge is 0.163 e. The van der Waals surface area contributed by atoms with Crippen LogP contribution in [0.1, 0.15) is 41.5 Å². The van der Waals surface area contributed by atoms with Crippen molar-refractivity contribution in [2.45, 2.75) is 46.9 Å². The van der Waals surface area contributed by atoms with Gasteiger partial charge in [0, 0.05) is 10.8 Å². The van der Waals surface area contributed by atoms with Crippen molar-refractivity contribution in [1.29, 1.82) is 0 Å². The van der Waals surface area contributed by atoms with Gasteiger partial charge in [0.2, 0.25) is 0 Å².